The summed E-state index contributed by atoms with van der Waals surface area (Å²) >= 11 is 0. The molecule has 0 spiro atoms. The average Bonchev–Trinajstić information content (AvgIpc) is 3.43. The maximum atomic E-state index is 11.9. The molecule has 1 saturated carbocycles. The molecule has 2 rings (SSSR count). The van der Waals surface area contributed by atoms with Crippen LogP contribution in [0.2, 0.25) is 0 Å². The van der Waals surface area contributed by atoms with Gasteiger partial charge in [0.25, 0.3) is 5.91 Å². The molecule has 0 unspecified atom stereocenters. The zero-order valence-corrected chi connectivity index (χ0v) is 15.4. The van der Waals surface area contributed by atoms with Crippen molar-refractivity contribution in [2.75, 3.05) is 25.5 Å². The van der Waals surface area contributed by atoms with E-state index in [9.17, 15) is 19.2 Å². The highest BCUT2D eigenvalue weighted by atomic mass is 16.5. The van der Waals surface area contributed by atoms with Crippen LogP contribution < -0.4 is 16.0 Å². The van der Waals surface area contributed by atoms with Crippen molar-refractivity contribution >= 4 is 29.5 Å². The number of benzene rings is 1. The summed E-state index contributed by atoms with van der Waals surface area (Å²) in [4.78, 5) is 48.5. The Morgan fingerprint density at radius 3 is 2.48 bits per heavy atom. The fraction of sp³-hybridized carbons (Fsp3) is 0.444. The molecule has 1 aliphatic rings. The fourth-order valence-electron chi connectivity index (χ4n) is 2.12. The molecule has 1 aromatic carbocycles. The Morgan fingerprint density at radius 1 is 1.19 bits per heavy atom. The van der Waals surface area contributed by atoms with Gasteiger partial charge in [0.2, 0.25) is 5.91 Å². The highest BCUT2D eigenvalue weighted by molar-refractivity contribution is 5.93. The normalized spacial score (nSPS) is 13.9. The first-order valence-corrected chi connectivity index (χ1v) is 8.67. The molecule has 1 aromatic rings. The second kappa shape index (κ2) is 9.56. The third kappa shape index (κ3) is 7.35. The lowest BCUT2D eigenvalue weighted by molar-refractivity contribution is -0.153. The van der Waals surface area contributed by atoms with E-state index in [2.05, 4.69) is 16.0 Å². The van der Waals surface area contributed by atoms with Crippen LogP contribution in [0.4, 0.5) is 10.5 Å². The lowest BCUT2D eigenvalue weighted by Gasteiger charge is -2.18. The number of ether oxygens (including phenoxy) is 1. The summed E-state index contributed by atoms with van der Waals surface area (Å²) in [6.07, 6.45) is 1.92. The number of urea groups is 1. The van der Waals surface area contributed by atoms with E-state index in [1.807, 2.05) is 6.07 Å². The Kier molecular flexibility index (Phi) is 7.16. The molecule has 0 heterocycles. The van der Waals surface area contributed by atoms with Gasteiger partial charge in [-0.25, -0.2) is 9.59 Å². The smallest absolute Gasteiger partial charge is 0.328 e. The number of esters is 1. The molecule has 0 radical (unpaired) electrons. The van der Waals surface area contributed by atoms with E-state index in [4.69, 9.17) is 4.74 Å². The van der Waals surface area contributed by atoms with Gasteiger partial charge in [-0.1, -0.05) is 18.2 Å². The number of carbonyl (C=O) groups is 4. The van der Waals surface area contributed by atoms with Crippen molar-refractivity contribution < 1.29 is 23.9 Å². The van der Waals surface area contributed by atoms with Gasteiger partial charge in [-0.2, -0.15) is 0 Å². The van der Waals surface area contributed by atoms with Crippen molar-refractivity contribution in [3.8, 4) is 0 Å². The first-order valence-electron chi connectivity index (χ1n) is 8.67. The van der Waals surface area contributed by atoms with Crippen LogP contribution in [0.25, 0.3) is 0 Å². The minimum atomic E-state index is -0.940. The van der Waals surface area contributed by atoms with E-state index >= 15 is 0 Å². The van der Waals surface area contributed by atoms with Crippen LogP contribution in [-0.4, -0.2) is 61.0 Å². The third-order valence-corrected chi connectivity index (χ3v) is 3.82. The molecule has 27 heavy (non-hydrogen) atoms. The fourth-order valence-corrected chi connectivity index (χ4v) is 2.12. The molecule has 0 saturated heterocycles. The summed E-state index contributed by atoms with van der Waals surface area (Å²) < 4.78 is 4.91. The molecule has 4 amide bonds. The summed E-state index contributed by atoms with van der Waals surface area (Å²) in [6.45, 7) is 0.850. The molecule has 1 atom stereocenters. The van der Waals surface area contributed by atoms with Crippen LogP contribution in [0, 0.1) is 0 Å². The van der Waals surface area contributed by atoms with Crippen molar-refractivity contribution in [3.05, 3.63) is 30.3 Å². The predicted octanol–water partition coefficient (Wildman–Crippen LogP) is 0.477. The number of nitrogens with one attached hydrogen (secondary N) is 3. The Labute approximate surface area is 157 Å². The van der Waals surface area contributed by atoms with Gasteiger partial charge in [0.05, 0.1) is 6.54 Å². The number of carbonyl (C=O) groups excluding carboxylic acids is 4. The van der Waals surface area contributed by atoms with Gasteiger partial charge in [-0.3, -0.25) is 9.59 Å². The summed E-state index contributed by atoms with van der Waals surface area (Å²) in [7, 11) is 1.46. The third-order valence-electron chi connectivity index (χ3n) is 3.82. The maximum absolute atomic E-state index is 11.9. The number of nitrogens with zero attached hydrogens (tertiary/aromatic N) is 1. The van der Waals surface area contributed by atoms with Crippen LogP contribution in [-0.2, 0) is 19.1 Å². The second-order valence-electron chi connectivity index (χ2n) is 6.39. The van der Waals surface area contributed by atoms with Crippen LogP contribution in [0.5, 0.6) is 0 Å². The molecular formula is C18H24N4O5. The molecule has 0 aliphatic heterocycles. The number of hydrogen-bond donors (Lipinski definition) is 3. The minimum Gasteiger partial charge on any atom is -0.454 e. The summed E-state index contributed by atoms with van der Waals surface area (Å²) in [5.41, 5.74) is 0.580. The topological polar surface area (TPSA) is 117 Å². The first kappa shape index (κ1) is 20.2. The molecule has 1 aliphatic carbocycles. The number of likely N-dealkylation sites (N-methyl/N-ethyl adjacent to an activating group) is 1. The SMILES string of the molecule is C[C@H](NC(=O)Nc1ccccc1)C(=O)OCC(=O)N(C)CC(=O)NC1CC1. The predicted molar refractivity (Wildman–Crippen MR) is 97.8 cm³/mol. The Morgan fingerprint density at radius 2 is 1.85 bits per heavy atom. The number of hydrogen-bond acceptors (Lipinski definition) is 5. The van der Waals surface area contributed by atoms with Gasteiger partial charge in [-0.15, -0.1) is 0 Å². The van der Waals surface area contributed by atoms with Gasteiger partial charge < -0.3 is 25.6 Å². The van der Waals surface area contributed by atoms with Crippen molar-refractivity contribution in [1.82, 2.24) is 15.5 Å². The van der Waals surface area contributed by atoms with Gasteiger partial charge in [-0.05, 0) is 31.9 Å². The zero-order valence-electron chi connectivity index (χ0n) is 15.4. The van der Waals surface area contributed by atoms with Crippen LogP contribution in [0.3, 0.4) is 0 Å². The van der Waals surface area contributed by atoms with Crippen LogP contribution in [0.1, 0.15) is 19.8 Å². The highest BCUT2D eigenvalue weighted by Crippen LogP contribution is 2.18. The van der Waals surface area contributed by atoms with Crippen molar-refractivity contribution in [2.45, 2.75) is 31.8 Å². The van der Waals surface area contributed by atoms with Gasteiger partial charge in [0.1, 0.15) is 6.04 Å². The summed E-state index contributed by atoms with van der Waals surface area (Å²) in [5, 5.41) is 7.77. The second-order valence-corrected chi connectivity index (χ2v) is 6.39. The first-order chi connectivity index (χ1) is 12.8. The number of anilines is 1. The van der Waals surface area contributed by atoms with E-state index in [-0.39, 0.29) is 18.5 Å². The number of rotatable bonds is 8. The monoisotopic (exact) mass is 376 g/mol. The summed E-state index contributed by atoms with van der Waals surface area (Å²) in [5.74, 6) is -1.50. The summed E-state index contributed by atoms with van der Waals surface area (Å²) in [6, 6.07) is 7.46. The van der Waals surface area contributed by atoms with E-state index in [0.29, 0.717) is 5.69 Å². The van der Waals surface area contributed by atoms with Gasteiger partial charge >= 0.3 is 12.0 Å². The quantitative estimate of drug-likeness (QED) is 0.571. The lowest BCUT2D eigenvalue weighted by atomic mass is 10.3. The molecule has 9 heteroatoms. The molecule has 0 bridgehead atoms. The van der Waals surface area contributed by atoms with Gasteiger partial charge in [0.15, 0.2) is 6.61 Å². The van der Waals surface area contributed by atoms with E-state index < -0.39 is 30.6 Å². The maximum Gasteiger partial charge on any atom is 0.328 e. The number of para-hydroxylation sites is 1. The molecule has 1 fully saturated rings. The van der Waals surface area contributed by atoms with E-state index in [1.54, 1.807) is 24.3 Å². The number of amides is 4. The minimum absolute atomic E-state index is 0.0971. The Hall–Kier alpha value is -3.10. The largest absolute Gasteiger partial charge is 0.454 e. The van der Waals surface area contributed by atoms with Crippen molar-refractivity contribution in [1.29, 1.82) is 0 Å². The van der Waals surface area contributed by atoms with E-state index in [0.717, 1.165) is 12.8 Å². The average molecular weight is 376 g/mol. The lowest BCUT2D eigenvalue weighted by Crippen LogP contribution is -2.44. The molecule has 0 aromatic heterocycles. The van der Waals surface area contributed by atoms with Crippen LogP contribution in [0.15, 0.2) is 30.3 Å². The molecule has 9 nitrogen and oxygen atoms in total. The Bertz CT molecular complexity index is 690. The molecular weight excluding hydrogens is 352 g/mol. The van der Waals surface area contributed by atoms with E-state index in [1.165, 1.54) is 18.9 Å². The Balaban J connectivity index is 1.67. The molecule has 146 valence electrons. The molecule has 3 N–H and O–H groups in total. The highest BCUT2D eigenvalue weighted by Gasteiger charge is 2.25. The van der Waals surface area contributed by atoms with Gasteiger partial charge in [0, 0.05) is 18.8 Å². The van der Waals surface area contributed by atoms with Crippen molar-refractivity contribution in [3.63, 3.8) is 0 Å². The van der Waals surface area contributed by atoms with Crippen molar-refractivity contribution in [2.24, 2.45) is 0 Å². The van der Waals surface area contributed by atoms with Crippen LogP contribution >= 0.6 is 0 Å². The standard InChI is InChI=1S/C18H24N4O5/c1-12(19-18(26)21-13-6-4-3-5-7-13)17(25)27-11-16(24)22(2)10-15(23)20-14-8-9-14/h3-7,12,14H,8-11H2,1-2H3,(H,20,23)(H2,19,21,26)/t12-/m0/s1. The zero-order chi connectivity index (χ0) is 19.8.